The first-order chi connectivity index (χ1) is 5.22. The van der Waals surface area contributed by atoms with Crippen molar-refractivity contribution in [1.82, 2.24) is 0 Å². The second kappa shape index (κ2) is 9.56. The minimum absolute atomic E-state index is 0. The van der Waals surface area contributed by atoms with E-state index in [-0.39, 0.29) is 40.6 Å². The summed E-state index contributed by atoms with van der Waals surface area (Å²) in [5.41, 5.74) is 0.564. The topological polar surface area (TPSA) is 37.3 Å². The van der Waals surface area contributed by atoms with Crippen molar-refractivity contribution in [3.63, 3.8) is 0 Å². The second-order valence-corrected chi connectivity index (χ2v) is 2.57. The Kier molecular flexibility index (Phi) is 11.9. The van der Waals surface area contributed by atoms with Crippen LogP contribution in [0, 0.1) is 0 Å². The molecule has 0 rings (SSSR count). The molecule has 0 aliphatic heterocycles. The van der Waals surface area contributed by atoms with Crippen LogP contribution in [0.2, 0.25) is 0 Å². The fourth-order valence-electron chi connectivity index (χ4n) is 0.884. The molecule has 12 heavy (non-hydrogen) atoms. The van der Waals surface area contributed by atoms with E-state index in [4.69, 9.17) is 5.11 Å². The number of carbonyl (C=O) groups is 1. The Labute approximate surface area is 107 Å². The van der Waals surface area contributed by atoms with Crippen LogP contribution in [0.3, 0.4) is 0 Å². The molecule has 0 unspecified atom stereocenters. The number of allylic oxidation sites excluding steroid dienone is 1. The molecule has 0 aromatic carbocycles. The van der Waals surface area contributed by atoms with Gasteiger partial charge in [0.05, 0.1) is 0 Å². The van der Waals surface area contributed by atoms with Crippen LogP contribution in [0.5, 0.6) is 0 Å². The van der Waals surface area contributed by atoms with Crippen LogP contribution in [0.1, 0.15) is 42.4 Å². The third-order valence-corrected chi connectivity index (χ3v) is 1.47. The van der Waals surface area contributed by atoms with Crippen LogP contribution >= 0.6 is 0 Å². The molecule has 0 aromatic heterocycles. The zero-order valence-corrected chi connectivity index (χ0v) is 10.2. The Balaban J connectivity index is -0.000000167. The molecule has 0 saturated carbocycles. The first-order valence-electron chi connectivity index (χ1n) is 4.14. The van der Waals surface area contributed by atoms with Crippen molar-refractivity contribution >= 4 is 43.7 Å². The number of hydrogen-bond donors (Lipinski definition) is 1. The largest absolute Gasteiger partial charge is 2.00 e. The first-order valence-corrected chi connectivity index (χ1v) is 4.14. The maximum absolute atomic E-state index is 10.5. The third kappa shape index (κ3) is 7.14. The van der Waals surface area contributed by atoms with Gasteiger partial charge in [0, 0.05) is 5.57 Å². The van der Waals surface area contributed by atoms with E-state index in [1.807, 2.05) is 19.9 Å². The molecule has 0 fully saturated rings. The van der Waals surface area contributed by atoms with Crippen LogP contribution in [0.4, 0.5) is 0 Å². The van der Waals surface area contributed by atoms with E-state index in [1.54, 1.807) is 0 Å². The average molecular weight is 198 g/mol. The van der Waals surface area contributed by atoms with Crippen LogP contribution < -0.4 is 0 Å². The molecule has 0 heterocycles. The minimum Gasteiger partial charge on any atom is -1.00 e. The van der Waals surface area contributed by atoms with Gasteiger partial charge in [-0.15, -0.1) is 0 Å². The normalized spacial score (nSPS) is 10.7. The van der Waals surface area contributed by atoms with Gasteiger partial charge in [0.2, 0.25) is 0 Å². The summed E-state index contributed by atoms with van der Waals surface area (Å²) in [5, 5.41) is 8.66. The molecule has 0 aromatic rings. The van der Waals surface area contributed by atoms with Gasteiger partial charge in [-0.1, -0.05) is 32.8 Å². The van der Waals surface area contributed by atoms with Crippen LogP contribution in [0.15, 0.2) is 11.6 Å². The predicted octanol–water partition coefficient (Wildman–Crippen LogP) is 2.44. The molecule has 0 bridgehead atoms. The third-order valence-electron chi connectivity index (χ3n) is 1.47. The summed E-state index contributed by atoms with van der Waals surface area (Å²) in [6, 6.07) is 0. The Bertz CT molecular complexity index is 161. The van der Waals surface area contributed by atoms with Gasteiger partial charge in [0.1, 0.15) is 0 Å². The number of carboxylic acid groups (broad SMARTS) is 1. The van der Waals surface area contributed by atoms with Crippen molar-refractivity contribution in [3.05, 3.63) is 11.6 Å². The Hall–Kier alpha value is 0.470. The van der Waals surface area contributed by atoms with E-state index in [2.05, 4.69) is 0 Å². The molecule has 0 amide bonds. The molecule has 0 aliphatic rings. The van der Waals surface area contributed by atoms with Gasteiger partial charge in [-0.25, -0.2) is 4.79 Å². The number of unbranched alkanes of at least 4 members (excludes halogenated alkanes) is 1. The van der Waals surface area contributed by atoms with Crippen molar-refractivity contribution in [2.45, 2.75) is 39.5 Å². The average Bonchev–Trinajstić information content (AvgIpc) is 1.97. The van der Waals surface area contributed by atoms with E-state index in [0.29, 0.717) is 12.0 Å². The zero-order valence-electron chi connectivity index (χ0n) is 9.97. The molecular weight excluding hydrogens is 180 g/mol. The maximum Gasteiger partial charge on any atom is 2.00 e. The van der Waals surface area contributed by atoms with Crippen LogP contribution in [-0.2, 0) is 4.79 Å². The van der Waals surface area contributed by atoms with Gasteiger partial charge < -0.3 is 7.96 Å². The minimum atomic E-state index is -0.764. The molecule has 2 nitrogen and oxygen atoms in total. The summed E-state index contributed by atoms with van der Waals surface area (Å²) >= 11 is 0. The summed E-state index contributed by atoms with van der Waals surface area (Å²) in [5.74, 6) is -0.764. The molecule has 0 spiro atoms. The number of aliphatic carboxylic acids is 1. The van der Waals surface area contributed by atoms with E-state index in [0.717, 1.165) is 19.3 Å². The molecule has 68 valence electrons. The van der Waals surface area contributed by atoms with E-state index in [9.17, 15) is 4.79 Å². The van der Waals surface area contributed by atoms with Crippen molar-refractivity contribution in [2.24, 2.45) is 0 Å². The maximum atomic E-state index is 10.5. The predicted molar refractivity (Wildman–Crippen MR) is 53.5 cm³/mol. The number of hydrogen-bond acceptors (Lipinski definition) is 1. The van der Waals surface area contributed by atoms with Gasteiger partial charge >= 0.3 is 43.7 Å². The van der Waals surface area contributed by atoms with Gasteiger partial charge in [-0.3, -0.25) is 0 Å². The Morgan fingerprint density at radius 3 is 2.33 bits per heavy atom. The van der Waals surface area contributed by atoms with Crippen molar-refractivity contribution < 1.29 is 12.8 Å². The van der Waals surface area contributed by atoms with Crippen LogP contribution in [0.25, 0.3) is 0 Å². The van der Waals surface area contributed by atoms with Gasteiger partial charge in [-0.2, -0.15) is 0 Å². The molecule has 0 aliphatic carbocycles. The molecule has 0 radical (unpaired) electrons. The molecule has 3 heteroatoms. The Morgan fingerprint density at radius 2 is 2.00 bits per heavy atom. The van der Waals surface area contributed by atoms with Gasteiger partial charge in [0.25, 0.3) is 0 Å². The van der Waals surface area contributed by atoms with E-state index >= 15 is 0 Å². The second-order valence-electron chi connectivity index (χ2n) is 2.57. The summed E-state index contributed by atoms with van der Waals surface area (Å²) in [4.78, 5) is 10.5. The quantitative estimate of drug-likeness (QED) is 0.544. The number of carboxylic acids is 1. The van der Waals surface area contributed by atoms with Crippen LogP contribution in [-0.4, -0.2) is 48.8 Å². The monoisotopic (exact) mass is 198 g/mol. The Morgan fingerprint density at radius 1 is 1.42 bits per heavy atom. The van der Waals surface area contributed by atoms with E-state index < -0.39 is 5.97 Å². The zero-order chi connectivity index (χ0) is 8.69. The van der Waals surface area contributed by atoms with Gasteiger partial charge in [-0.05, 0) is 12.8 Å². The number of rotatable bonds is 5. The van der Waals surface area contributed by atoms with Crippen molar-refractivity contribution in [2.75, 3.05) is 0 Å². The fraction of sp³-hybridized carbons (Fsp3) is 0.667. The summed E-state index contributed by atoms with van der Waals surface area (Å²) < 4.78 is 0. The smallest absolute Gasteiger partial charge is 1.00 e. The van der Waals surface area contributed by atoms with E-state index in [1.165, 1.54) is 0 Å². The summed E-state index contributed by atoms with van der Waals surface area (Å²) in [7, 11) is 0. The molecular formula is C9H18CaO2. The molecule has 0 atom stereocenters. The SMILES string of the molecule is CCCC=C(CCC)C(=O)O.[Ca+2].[H-].[H-]. The van der Waals surface area contributed by atoms with Crippen molar-refractivity contribution in [3.8, 4) is 0 Å². The molecule has 1 N–H and O–H groups in total. The van der Waals surface area contributed by atoms with Crippen molar-refractivity contribution in [1.29, 1.82) is 0 Å². The standard InChI is InChI=1S/C9H16O2.Ca.2H/c1-3-5-7-8(6-4-2)9(10)11;;;/h7H,3-6H2,1-2H3,(H,10,11);;;/q;+2;2*-1. The van der Waals surface area contributed by atoms with Gasteiger partial charge in [0.15, 0.2) is 0 Å². The summed E-state index contributed by atoms with van der Waals surface area (Å²) in [6.45, 7) is 4.03. The fourth-order valence-corrected chi connectivity index (χ4v) is 0.884. The molecule has 0 saturated heterocycles. The summed E-state index contributed by atoms with van der Waals surface area (Å²) in [6.07, 6.45) is 5.31. The first kappa shape index (κ1) is 15.0.